The zero-order chi connectivity index (χ0) is 17.8. The second-order valence-electron chi connectivity index (χ2n) is 5.96. The minimum absolute atomic E-state index is 0.148. The van der Waals surface area contributed by atoms with Gasteiger partial charge in [0.2, 0.25) is 6.79 Å². The standard InChI is InChI=1S/C18H13N5O3/c19-9-1-3-13-11(5-9)17-12(7-21-13)16(18(20)24)22-23(17)10-2-4-14-15(6-10)26-8-25-14/h1-7H,8,19H2,(H2,20,24). The normalized spacial score (nSPS) is 12.8. The van der Waals surface area contributed by atoms with Crippen LogP contribution in [0.4, 0.5) is 5.69 Å². The van der Waals surface area contributed by atoms with E-state index in [0.717, 1.165) is 10.9 Å². The van der Waals surface area contributed by atoms with Crippen molar-refractivity contribution in [3.63, 3.8) is 0 Å². The lowest BCUT2D eigenvalue weighted by atomic mass is 10.1. The monoisotopic (exact) mass is 347 g/mol. The van der Waals surface area contributed by atoms with Crippen LogP contribution in [0.25, 0.3) is 27.5 Å². The van der Waals surface area contributed by atoms with Gasteiger partial charge in [0.05, 0.1) is 22.1 Å². The second kappa shape index (κ2) is 5.09. The maximum atomic E-state index is 11.9. The average Bonchev–Trinajstić information content (AvgIpc) is 3.25. The number of nitrogens with zero attached hydrogens (tertiary/aromatic N) is 3. The van der Waals surface area contributed by atoms with Crippen LogP contribution in [0.2, 0.25) is 0 Å². The van der Waals surface area contributed by atoms with Crippen molar-refractivity contribution in [3.05, 3.63) is 48.3 Å². The van der Waals surface area contributed by atoms with Crippen LogP contribution >= 0.6 is 0 Å². The predicted molar refractivity (Wildman–Crippen MR) is 95.4 cm³/mol. The number of rotatable bonds is 2. The topological polar surface area (TPSA) is 118 Å². The number of nitrogen functional groups attached to an aromatic ring is 1. The van der Waals surface area contributed by atoms with E-state index >= 15 is 0 Å². The van der Waals surface area contributed by atoms with E-state index < -0.39 is 5.91 Å². The number of anilines is 1. The molecule has 4 N–H and O–H groups in total. The largest absolute Gasteiger partial charge is 0.454 e. The molecule has 0 radical (unpaired) electrons. The minimum atomic E-state index is -0.625. The van der Waals surface area contributed by atoms with Crippen molar-refractivity contribution in [2.45, 2.75) is 0 Å². The molecule has 26 heavy (non-hydrogen) atoms. The fraction of sp³-hybridized carbons (Fsp3) is 0.0556. The molecule has 0 unspecified atom stereocenters. The molecule has 0 saturated carbocycles. The van der Waals surface area contributed by atoms with Crippen LogP contribution in [0.1, 0.15) is 10.5 Å². The van der Waals surface area contributed by atoms with E-state index in [1.165, 1.54) is 0 Å². The Morgan fingerprint density at radius 2 is 1.92 bits per heavy atom. The lowest BCUT2D eigenvalue weighted by molar-refractivity contribution is 0.0996. The molecule has 0 saturated heterocycles. The Kier molecular flexibility index (Phi) is 2.84. The predicted octanol–water partition coefficient (Wildman–Crippen LogP) is 1.98. The van der Waals surface area contributed by atoms with Crippen molar-refractivity contribution in [2.24, 2.45) is 5.73 Å². The Balaban J connectivity index is 1.89. The first kappa shape index (κ1) is 14.5. The highest BCUT2D eigenvalue weighted by Crippen LogP contribution is 2.36. The Hall–Kier alpha value is -3.81. The number of benzene rings is 2. The van der Waals surface area contributed by atoms with Gasteiger partial charge in [-0.25, -0.2) is 4.68 Å². The molecule has 0 spiro atoms. The summed E-state index contributed by atoms with van der Waals surface area (Å²) in [5.41, 5.74) is 14.4. The molecule has 3 heterocycles. The molecule has 0 aliphatic carbocycles. The zero-order valence-corrected chi connectivity index (χ0v) is 13.5. The first-order valence-corrected chi connectivity index (χ1v) is 7.88. The van der Waals surface area contributed by atoms with Crippen LogP contribution in [-0.2, 0) is 0 Å². The van der Waals surface area contributed by atoms with Crippen LogP contribution in [0.3, 0.4) is 0 Å². The summed E-state index contributed by atoms with van der Waals surface area (Å²) in [5, 5.41) is 5.77. The van der Waals surface area contributed by atoms with Gasteiger partial charge in [-0.05, 0) is 30.3 Å². The number of hydrogen-bond donors (Lipinski definition) is 2. The maximum Gasteiger partial charge on any atom is 0.269 e. The van der Waals surface area contributed by atoms with E-state index in [-0.39, 0.29) is 12.5 Å². The van der Waals surface area contributed by atoms with Gasteiger partial charge in [0, 0.05) is 23.3 Å². The third-order valence-corrected chi connectivity index (χ3v) is 4.36. The fourth-order valence-corrected chi connectivity index (χ4v) is 3.19. The van der Waals surface area contributed by atoms with Crippen LogP contribution in [-0.4, -0.2) is 27.5 Å². The van der Waals surface area contributed by atoms with Gasteiger partial charge in [-0.3, -0.25) is 9.78 Å². The van der Waals surface area contributed by atoms with Crippen molar-refractivity contribution in [1.29, 1.82) is 0 Å². The maximum absolute atomic E-state index is 11.9. The van der Waals surface area contributed by atoms with E-state index in [1.807, 2.05) is 12.1 Å². The SMILES string of the molecule is NC(=O)c1nn(-c2ccc3c(c2)OCO3)c2c1cnc1ccc(N)cc12. The molecule has 5 rings (SSSR count). The Morgan fingerprint density at radius 1 is 1.08 bits per heavy atom. The molecule has 2 aromatic carbocycles. The van der Waals surface area contributed by atoms with Crippen molar-refractivity contribution < 1.29 is 14.3 Å². The van der Waals surface area contributed by atoms with E-state index in [2.05, 4.69) is 10.1 Å². The van der Waals surface area contributed by atoms with Crippen LogP contribution < -0.4 is 20.9 Å². The summed E-state index contributed by atoms with van der Waals surface area (Å²) in [5.74, 6) is 0.653. The summed E-state index contributed by atoms with van der Waals surface area (Å²) in [6, 6.07) is 10.8. The zero-order valence-electron chi connectivity index (χ0n) is 13.5. The lowest BCUT2D eigenvalue weighted by Crippen LogP contribution is -2.12. The molecular weight excluding hydrogens is 334 g/mol. The Bertz CT molecular complexity index is 1210. The third kappa shape index (κ3) is 1.99. The van der Waals surface area contributed by atoms with Crippen molar-refractivity contribution in [3.8, 4) is 17.2 Å². The van der Waals surface area contributed by atoms with Crippen LogP contribution in [0.15, 0.2) is 42.6 Å². The Labute approximate surface area is 146 Å². The third-order valence-electron chi connectivity index (χ3n) is 4.36. The molecular formula is C18H13N5O3. The van der Waals surface area contributed by atoms with Crippen molar-refractivity contribution in [1.82, 2.24) is 14.8 Å². The number of carbonyl (C=O) groups is 1. The van der Waals surface area contributed by atoms with Crippen LogP contribution in [0, 0.1) is 0 Å². The molecule has 1 amide bonds. The number of aromatic nitrogens is 3. The highest BCUT2D eigenvalue weighted by atomic mass is 16.7. The number of carbonyl (C=O) groups excluding carboxylic acids is 1. The van der Waals surface area contributed by atoms with E-state index in [1.54, 1.807) is 35.1 Å². The number of pyridine rings is 1. The molecule has 0 bridgehead atoms. The highest BCUT2D eigenvalue weighted by molar-refractivity contribution is 6.12. The molecule has 4 aromatic rings. The number of ether oxygens (including phenoxy) is 2. The highest BCUT2D eigenvalue weighted by Gasteiger charge is 2.21. The fourth-order valence-electron chi connectivity index (χ4n) is 3.19. The van der Waals surface area contributed by atoms with E-state index in [9.17, 15) is 4.79 Å². The summed E-state index contributed by atoms with van der Waals surface area (Å²) in [7, 11) is 0. The Morgan fingerprint density at radius 3 is 2.77 bits per heavy atom. The quantitative estimate of drug-likeness (QED) is 0.535. The minimum Gasteiger partial charge on any atom is -0.454 e. The first-order valence-electron chi connectivity index (χ1n) is 7.88. The molecule has 2 aromatic heterocycles. The molecule has 128 valence electrons. The van der Waals surface area contributed by atoms with E-state index in [0.29, 0.717) is 33.8 Å². The summed E-state index contributed by atoms with van der Waals surface area (Å²) in [6.45, 7) is 0.175. The van der Waals surface area contributed by atoms with Gasteiger partial charge < -0.3 is 20.9 Å². The number of primary amides is 1. The number of fused-ring (bicyclic) bond motifs is 4. The van der Waals surface area contributed by atoms with E-state index in [4.69, 9.17) is 20.9 Å². The summed E-state index contributed by atoms with van der Waals surface area (Å²) < 4.78 is 12.5. The summed E-state index contributed by atoms with van der Waals surface area (Å²) >= 11 is 0. The lowest BCUT2D eigenvalue weighted by Gasteiger charge is -2.07. The van der Waals surface area contributed by atoms with Gasteiger partial charge in [0.25, 0.3) is 5.91 Å². The molecule has 0 atom stereocenters. The van der Waals surface area contributed by atoms with Gasteiger partial charge in [-0.2, -0.15) is 5.10 Å². The van der Waals surface area contributed by atoms with Gasteiger partial charge in [-0.15, -0.1) is 0 Å². The number of hydrogen-bond acceptors (Lipinski definition) is 6. The van der Waals surface area contributed by atoms with Gasteiger partial charge in [0.15, 0.2) is 17.2 Å². The molecule has 8 nitrogen and oxygen atoms in total. The summed E-state index contributed by atoms with van der Waals surface area (Å²) in [4.78, 5) is 16.3. The molecule has 1 aliphatic rings. The van der Waals surface area contributed by atoms with Gasteiger partial charge in [-0.1, -0.05) is 0 Å². The molecule has 1 aliphatic heterocycles. The van der Waals surface area contributed by atoms with Crippen LogP contribution in [0.5, 0.6) is 11.5 Å². The second-order valence-corrected chi connectivity index (χ2v) is 5.96. The molecule has 8 heteroatoms. The number of nitrogens with two attached hydrogens (primary N) is 2. The molecule has 0 fully saturated rings. The smallest absolute Gasteiger partial charge is 0.269 e. The van der Waals surface area contributed by atoms with Gasteiger partial charge in [0.1, 0.15) is 0 Å². The number of amides is 1. The summed E-state index contributed by atoms with van der Waals surface area (Å²) in [6.07, 6.45) is 1.60. The average molecular weight is 347 g/mol. The first-order chi connectivity index (χ1) is 12.6. The van der Waals surface area contributed by atoms with Crippen molar-refractivity contribution in [2.75, 3.05) is 12.5 Å². The van der Waals surface area contributed by atoms with Crippen molar-refractivity contribution >= 4 is 33.4 Å². The van der Waals surface area contributed by atoms with Gasteiger partial charge >= 0.3 is 0 Å².